The summed E-state index contributed by atoms with van der Waals surface area (Å²) < 4.78 is 30.6. The van der Waals surface area contributed by atoms with Crippen LogP contribution in [0.5, 0.6) is 0 Å². The molecule has 0 unspecified atom stereocenters. The summed E-state index contributed by atoms with van der Waals surface area (Å²) in [5.74, 6) is -0.301. The average molecular weight is 313 g/mol. The van der Waals surface area contributed by atoms with Crippen molar-refractivity contribution in [3.8, 4) is 0 Å². The van der Waals surface area contributed by atoms with E-state index in [0.717, 1.165) is 0 Å². The number of ether oxygens (including phenoxy) is 1. The van der Waals surface area contributed by atoms with Gasteiger partial charge >= 0.3 is 5.97 Å². The van der Waals surface area contributed by atoms with Crippen LogP contribution in [0, 0.1) is 5.92 Å². The van der Waals surface area contributed by atoms with Crippen molar-refractivity contribution in [2.45, 2.75) is 23.8 Å². The number of hydrogen-bond acceptors (Lipinski definition) is 5. The average Bonchev–Trinajstić information content (AvgIpc) is 2.44. The van der Waals surface area contributed by atoms with Crippen LogP contribution in [0.15, 0.2) is 29.2 Å². The number of hydrogen-bond donors (Lipinski definition) is 1. The van der Waals surface area contributed by atoms with E-state index in [1.54, 1.807) is 0 Å². The van der Waals surface area contributed by atoms with Gasteiger partial charge in [0.1, 0.15) is 0 Å². The fraction of sp³-hybridized carbons (Fsp3) is 0.500. The maximum absolute atomic E-state index is 12.4. The van der Waals surface area contributed by atoms with Gasteiger partial charge < -0.3 is 9.84 Å². The van der Waals surface area contributed by atoms with Crippen LogP contribution in [0.1, 0.15) is 23.2 Å². The first-order chi connectivity index (χ1) is 9.84. The van der Waals surface area contributed by atoms with Gasteiger partial charge in [-0.05, 0) is 43.0 Å². The van der Waals surface area contributed by atoms with Crippen molar-refractivity contribution in [2.24, 2.45) is 5.92 Å². The molecule has 0 amide bonds. The number of methoxy groups -OCH3 is 1. The molecular formula is C14H19NO5S. The molecule has 21 heavy (non-hydrogen) atoms. The van der Waals surface area contributed by atoms with Gasteiger partial charge in [-0.3, -0.25) is 0 Å². The zero-order valence-corrected chi connectivity index (χ0v) is 12.8. The van der Waals surface area contributed by atoms with E-state index in [0.29, 0.717) is 24.9 Å². The van der Waals surface area contributed by atoms with Gasteiger partial charge in [0.15, 0.2) is 0 Å². The molecule has 1 N–H and O–H groups in total. The number of carbonyl (C=O) groups is 1. The summed E-state index contributed by atoms with van der Waals surface area (Å²) in [5.41, 5.74) is 0.307. The van der Waals surface area contributed by atoms with Crippen molar-refractivity contribution >= 4 is 16.0 Å². The molecule has 0 atom stereocenters. The summed E-state index contributed by atoms with van der Waals surface area (Å²) in [6.07, 6.45) is 0.980. The Morgan fingerprint density at radius 1 is 1.33 bits per heavy atom. The van der Waals surface area contributed by atoms with Gasteiger partial charge in [0.25, 0.3) is 0 Å². The van der Waals surface area contributed by atoms with E-state index in [-0.39, 0.29) is 16.9 Å². The first kappa shape index (κ1) is 15.9. The highest BCUT2D eigenvalue weighted by Crippen LogP contribution is 2.29. The van der Waals surface area contributed by atoms with Gasteiger partial charge in [-0.25, -0.2) is 17.5 Å². The molecule has 0 bridgehead atoms. The minimum Gasteiger partial charge on any atom is -0.465 e. The Labute approximate surface area is 124 Å². The maximum Gasteiger partial charge on any atom is 0.337 e. The Morgan fingerprint density at radius 3 is 2.38 bits per heavy atom. The Hall–Kier alpha value is -1.44. The minimum absolute atomic E-state index is 0.137. The van der Waals surface area contributed by atoms with E-state index in [4.69, 9.17) is 0 Å². The minimum atomic E-state index is -3.58. The SMILES string of the molecule is COC(=O)c1ccc(S(=O)(=O)N(C)CC2CC(O)C2)cc1. The number of carbonyl (C=O) groups excluding carboxylic acids is 1. The largest absolute Gasteiger partial charge is 0.465 e. The molecule has 1 aromatic carbocycles. The van der Waals surface area contributed by atoms with E-state index < -0.39 is 16.0 Å². The predicted molar refractivity (Wildman–Crippen MR) is 76.3 cm³/mol. The maximum atomic E-state index is 12.4. The summed E-state index contributed by atoms with van der Waals surface area (Å²) in [6.45, 7) is 0.387. The fourth-order valence-corrected chi connectivity index (χ4v) is 3.62. The van der Waals surface area contributed by atoms with Crippen LogP contribution in [0.25, 0.3) is 0 Å². The van der Waals surface area contributed by atoms with Crippen LogP contribution in [0.2, 0.25) is 0 Å². The van der Waals surface area contributed by atoms with E-state index in [1.165, 1.54) is 42.7 Å². The summed E-state index contributed by atoms with van der Waals surface area (Å²) in [5, 5.41) is 9.25. The third-order valence-corrected chi connectivity index (χ3v) is 5.55. The topological polar surface area (TPSA) is 83.9 Å². The Balaban J connectivity index is 2.09. The van der Waals surface area contributed by atoms with Crippen LogP contribution in [0.3, 0.4) is 0 Å². The highest BCUT2D eigenvalue weighted by Gasteiger charge is 2.31. The van der Waals surface area contributed by atoms with Crippen LogP contribution < -0.4 is 0 Å². The lowest BCUT2D eigenvalue weighted by Crippen LogP contribution is -2.39. The van der Waals surface area contributed by atoms with Crippen molar-refractivity contribution in [1.82, 2.24) is 4.31 Å². The summed E-state index contributed by atoms with van der Waals surface area (Å²) in [7, 11) is -0.784. The summed E-state index contributed by atoms with van der Waals surface area (Å²) >= 11 is 0. The van der Waals surface area contributed by atoms with Gasteiger partial charge in [0, 0.05) is 13.6 Å². The van der Waals surface area contributed by atoms with Gasteiger partial charge in [-0.1, -0.05) is 0 Å². The third kappa shape index (κ3) is 3.42. The quantitative estimate of drug-likeness (QED) is 0.815. The van der Waals surface area contributed by atoms with E-state index in [1.807, 2.05) is 0 Å². The van der Waals surface area contributed by atoms with Crippen LogP contribution >= 0.6 is 0 Å². The molecule has 1 aliphatic carbocycles. The zero-order chi connectivity index (χ0) is 15.6. The van der Waals surface area contributed by atoms with Gasteiger partial charge in [-0.15, -0.1) is 0 Å². The van der Waals surface area contributed by atoms with Crippen LogP contribution in [-0.4, -0.2) is 50.6 Å². The number of nitrogens with zero attached hydrogens (tertiary/aromatic N) is 1. The highest BCUT2D eigenvalue weighted by atomic mass is 32.2. The summed E-state index contributed by atoms with van der Waals surface area (Å²) in [6, 6.07) is 5.65. The molecule has 7 heteroatoms. The second-order valence-electron chi connectivity index (χ2n) is 5.29. The van der Waals surface area contributed by atoms with Crippen molar-refractivity contribution in [1.29, 1.82) is 0 Å². The monoisotopic (exact) mass is 313 g/mol. The number of benzene rings is 1. The molecule has 1 aliphatic rings. The van der Waals surface area contributed by atoms with E-state index in [9.17, 15) is 18.3 Å². The van der Waals surface area contributed by atoms with Crippen LogP contribution in [0.4, 0.5) is 0 Å². The number of sulfonamides is 1. The number of aliphatic hydroxyl groups is 1. The first-order valence-corrected chi connectivity index (χ1v) is 8.11. The van der Waals surface area contributed by atoms with Crippen molar-refractivity contribution in [3.05, 3.63) is 29.8 Å². The molecular weight excluding hydrogens is 294 g/mol. The fourth-order valence-electron chi connectivity index (χ4n) is 2.37. The number of rotatable bonds is 5. The first-order valence-electron chi connectivity index (χ1n) is 6.67. The third-order valence-electron chi connectivity index (χ3n) is 3.71. The molecule has 0 spiro atoms. The van der Waals surface area contributed by atoms with E-state index in [2.05, 4.69) is 4.74 Å². The molecule has 2 rings (SSSR count). The Bertz CT molecular complexity index is 605. The predicted octanol–water partition coefficient (Wildman–Crippen LogP) is 0.865. The molecule has 1 fully saturated rings. The van der Waals surface area contributed by atoms with E-state index >= 15 is 0 Å². The second kappa shape index (κ2) is 6.13. The standard InChI is InChI=1S/C14H19NO5S/c1-15(9-10-7-12(16)8-10)21(18,19)13-5-3-11(4-6-13)14(17)20-2/h3-6,10,12,16H,7-9H2,1-2H3. The van der Waals surface area contributed by atoms with Crippen molar-refractivity contribution in [3.63, 3.8) is 0 Å². The molecule has 0 saturated heterocycles. The lowest BCUT2D eigenvalue weighted by atomic mass is 9.82. The second-order valence-corrected chi connectivity index (χ2v) is 7.34. The summed E-state index contributed by atoms with van der Waals surface area (Å²) in [4.78, 5) is 11.5. The number of esters is 1. The number of aliphatic hydroxyl groups excluding tert-OH is 1. The molecule has 0 aromatic heterocycles. The molecule has 0 heterocycles. The van der Waals surface area contributed by atoms with Crippen molar-refractivity contribution < 1.29 is 23.1 Å². The van der Waals surface area contributed by atoms with Gasteiger partial charge in [-0.2, -0.15) is 0 Å². The molecule has 1 saturated carbocycles. The van der Waals surface area contributed by atoms with Gasteiger partial charge in [0.05, 0.1) is 23.7 Å². The van der Waals surface area contributed by atoms with Crippen molar-refractivity contribution in [2.75, 3.05) is 20.7 Å². The molecule has 6 nitrogen and oxygen atoms in total. The normalized spacial score (nSPS) is 21.9. The molecule has 116 valence electrons. The Kier molecular flexibility index (Phi) is 4.65. The Morgan fingerprint density at radius 2 is 1.90 bits per heavy atom. The van der Waals surface area contributed by atoms with Crippen LogP contribution in [-0.2, 0) is 14.8 Å². The zero-order valence-electron chi connectivity index (χ0n) is 12.0. The molecule has 1 aromatic rings. The smallest absolute Gasteiger partial charge is 0.337 e. The van der Waals surface area contributed by atoms with Gasteiger partial charge in [0.2, 0.25) is 10.0 Å². The molecule has 0 aliphatic heterocycles. The lowest BCUT2D eigenvalue weighted by molar-refractivity contribution is 0.0367. The molecule has 0 radical (unpaired) electrons. The highest BCUT2D eigenvalue weighted by molar-refractivity contribution is 7.89. The lowest BCUT2D eigenvalue weighted by Gasteiger charge is -2.34.